The van der Waals surface area contributed by atoms with Crippen molar-refractivity contribution in [1.29, 1.82) is 5.41 Å². The van der Waals surface area contributed by atoms with Crippen LogP contribution in [0.25, 0.3) is 0 Å². The van der Waals surface area contributed by atoms with Crippen molar-refractivity contribution in [2.45, 2.75) is 13.5 Å². The Morgan fingerprint density at radius 1 is 1.24 bits per heavy atom. The lowest BCUT2D eigenvalue weighted by Crippen LogP contribution is -2.18. The fraction of sp³-hybridized carbons (Fsp3) is 0.235. The van der Waals surface area contributed by atoms with Crippen molar-refractivity contribution in [2.24, 2.45) is 5.73 Å². The fourth-order valence-electron chi connectivity index (χ4n) is 2.41. The molecule has 21 heavy (non-hydrogen) atoms. The number of hydrogen-bond acceptors (Lipinski definition) is 3. The van der Waals surface area contributed by atoms with E-state index >= 15 is 0 Å². The van der Waals surface area contributed by atoms with Crippen LogP contribution in [0, 0.1) is 12.3 Å². The van der Waals surface area contributed by atoms with Gasteiger partial charge in [-0.2, -0.15) is 0 Å². The molecular weight excluding hydrogens is 262 g/mol. The molecule has 0 saturated carbocycles. The number of amidine groups is 1. The van der Waals surface area contributed by atoms with Gasteiger partial charge in [-0.1, -0.05) is 24.3 Å². The van der Waals surface area contributed by atoms with Crippen molar-refractivity contribution in [1.82, 2.24) is 0 Å². The van der Waals surface area contributed by atoms with Gasteiger partial charge in [-0.25, -0.2) is 0 Å². The molecule has 0 aliphatic carbocycles. The minimum atomic E-state index is 0.0191. The summed E-state index contributed by atoms with van der Waals surface area (Å²) in [5.74, 6) is 0.656. The number of benzene rings is 2. The Bertz CT molecular complexity index is 652. The molecule has 0 fully saturated rings. The molecule has 3 N–H and O–H groups in total. The Morgan fingerprint density at radius 2 is 1.95 bits per heavy atom. The number of nitrogen functional groups attached to an aromatic ring is 1. The Hall–Kier alpha value is -2.49. The minimum absolute atomic E-state index is 0.0191. The summed E-state index contributed by atoms with van der Waals surface area (Å²) in [7, 11) is 3.66. The van der Waals surface area contributed by atoms with Gasteiger partial charge in [0.05, 0.1) is 12.7 Å². The van der Waals surface area contributed by atoms with Crippen molar-refractivity contribution in [3.05, 3.63) is 59.2 Å². The molecule has 0 atom stereocenters. The third-order valence-corrected chi connectivity index (χ3v) is 3.50. The van der Waals surface area contributed by atoms with Gasteiger partial charge in [-0.3, -0.25) is 5.41 Å². The molecule has 110 valence electrons. The summed E-state index contributed by atoms with van der Waals surface area (Å²) in [6, 6.07) is 14.0. The molecule has 0 aliphatic heterocycles. The number of nitrogens with one attached hydrogen (secondary N) is 1. The number of methoxy groups -OCH3 is 1. The first kappa shape index (κ1) is 14.9. The molecule has 0 heterocycles. The van der Waals surface area contributed by atoms with E-state index in [1.54, 1.807) is 7.11 Å². The zero-order chi connectivity index (χ0) is 15.4. The van der Waals surface area contributed by atoms with Crippen LogP contribution in [0.3, 0.4) is 0 Å². The number of anilines is 1. The van der Waals surface area contributed by atoms with Crippen molar-refractivity contribution >= 4 is 11.5 Å². The number of nitrogens with two attached hydrogens (primary N) is 1. The lowest BCUT2D eigenvalue weighted by atomic mass is 10.1. The van der Waals surface area contributed by atoms with Crippen LogP contribution in [0.15, 0.2) is 42.5 Å². The summed E-state index contributed by atoms with van der Waals surface area (Å²) in [6.07, 6.45) is 0. The Balaban J connectivity index is 2.24. The molecule has 2 rings (SSSR count). The normalized spacial score (nSPS) is 10.2. The van der Waals surface area contributed by atoms with E-state index in [2.05, 4.69) is 31.0 Å². The van der Waals surface area contributed by atoms with Crippen LogP contribution in [0.1, 0.15) is 16.7 Å². The molecular formula is C17H21N3O. The quantitative estimate of drug-likeness (QED) is 0.655. The summed E-state index contributed by atoms with van der Waals surface area (Å²) in [6.45, 7) is 2.87. The number of ether oxygens (including phenoxy) is 1. The average molecular weight is 283 g/mol. The topological polar surface area (TPSA) is 62.3 Å². The van der Waals surface area contributed by atoms with Gasteiger partial charge >= 0.3 is 0 Å². The monoisotopic (exact) mass is 283 g/mol. The molecule has 4 heteroatoms. The largest absolute Gasteiger partial charge is 0.496 e. The Kier molecular flexibility index (Phi) is 4.48. The summed E-state index contributed by atoms with van der Waals surface area (Å²) in [5, 5.41) is 7.54. The van der Waals surface area contributed by atoms with E-state index in [0.717, 1.165) is 12.1 Å². The maximum atomic E-state index is 7.54. The standard InChI is InChI=1S/C17H21N3O/c1-12-6-4-5-7-15(12)20(2)11-13-8-9-14(17(18)19)16(10-13)21-3/h4-10H,11H2,1-3H3,(H3,18,19). The molecule has 0 spiro atoms. The van der Waals surface area contributed by atoms with Crippen molar-refractivity contribution in [2.75, 3.05) is 19.1 Å². The third kappa shape index (κ3) is 3.34. The van der Waals surface area contributed by atoms with E-state index in [-0.39, 0.29) is 5.84 Å². The van der Waals surface area contributed by atoms with Gasteiger partial charge in [0.25, 0.3) is 0 Å². The molecule has 2 aromatic rings. The van der Waals surface area contributed by atoms with Crippen molar-refractivity contribution in [3.63, 3.8) is 0 Å². The maximum absolute atomic E-state index is 7.54. The van der Waals surface area contributed by atoms with Gasteiger partial charge in [0, 0.05) is 19.3 Å². The minimum Gasteiger partial charge on any atom is -0.496 e. The van der Waals surface area contributed by atoms with Crippen molar-refractivity contribution < 1.29 is 4.74 Å². The van der Waals surface area contributed by atoms with Crippen LogP contribution in [-0.2, 0) is 6.54 Å². The van der Waals surface area contributed by atoms with Gasteiger partial charge in [0.2, 0.25) is 0 Å². The zero-order valence-corrected chi connectivity index (χ0v) is 12.7. The number of hydrogen-bond donors (Lipinski definition) is 2. The highest BCUT2D eigenvalue weighted by atomic mass is 16.5. The van der Waals surface area contributed by atoms with E-state index in [0.29, 0.717) is 11.3 Å². The zero-order valence-electron chi connectivity index (χ0n) is 12.7. The first-order valence-corrected chi connectivity index (χ1v) is 6.81. The number of para-hydroxylation sites is 1. The molecule has 0 aliphatic rings. The fourth-order valence-corrected chi connectivity index (χ4v) is 2.41. The number of aryl methyl sites for hydroxylation is 1. The van der Waals surface area contributed by atoms with E-state index in [1.165, 1.54) is 11.3 Å². The predicted molar refractivity (Wildman–Crippen MR) is 87.3 cm³/mol. The van der Waals surface area contributed by atoms with E-state index in [1.807, 2.05) is 30.3 Å². The Labute approximate surface area is 125 Å². The third-order valence-electron chi connectivity index (χ3n) is 3.50. The molecule has 0 bridgehead atoms. The van der Waals surface area contributed by atoms with Crippen molar-refractivity contribution in [3.8, 4) is 5.75 Å². The SMILES string of the molecule is COc1cc(CN(C)c2ccccc2C)ccc1C(=N)N. The average Bonchev–Trinajstić information content (AvgIpc) is 2.47. The molecule has 4 nitrogen and oxygen atoms in total. The molecule has 0 saturated heterocycles. The second kappa shape index (κ2) is 6.31. The highest BCUT2D eigenvalue weighted by molar-refractivity contribution is 5.97. The first-order valence-electron chi connectivity index (χ1n) is 6.81. The molecule has 0 unspecified atom stereocenters. The summed E-state index contributed by atoms with van der Waals surface area (Å²) in [5.41, 5.74) is 9.73. The van der Waals surface area contributed by atoms with Crippen LogP contribution in [0.4, 0.5) is 5.69 Å². The predicted octanol–water partition coefficient (Wildman–Crippen LogP) is 2.92. The number of nitrogens with zero attached hydrogens (tertiary/aromatic N) is 1. The van der Waals surface area contributed by atoms with Gasteiger partial charge in [0.15, 0.2) is 0 Å². The lowest BCUT2D eigenvalue weighted by Gasteiger charge is -2.22. The lowest BCUT2D eigenvalue weighted by molar-refractivity contribution is 0.413. The summed E-state index contributed by atoms with van der Waals surface area (Å²) in [4.78, 5) is 2.19. The Morgan fingerprint density at radius 3 is 2.57 bits per heavy atom. The van der Waals surface area contributed by atoms with Crippen LogP contribution in [0.2, 0.25) is 0 Å². The van der Waals surface area contributed by atoms with E-state index in [4.69, 9.17) is 15.9 Å². The summed E-state index contributed by atoms with van der Waals surface area (Å²) >= 11 is 0. The molecule has 2 aromatic carbocycles. The van der Waals surface area contributed by atoms with Crippen LogP contribution >= 0.6 is 0 Å². The smallest absolute Gasteiger partial charge is 0.130 e. The highest BCUT2D eigenvalue weighted by Gasteiger charge is 2.09. The van der Waals surface area contributed by atoms with E-state index < -0.39 is 0 Å². The maximum Gasteiger partial charge on any atom is 0.130 e. The molecule has 0 radical (unpaired) electrons. The van der Waals surface area contributed by atoms with Crippen LogP contribution in [-0.4, -0.2) is 20.0 Å². The highest BCUT2D eigenvalue weighted by Crippen LogP contribution is 2.23. The number of rotatable bonds is 5. The van der Waals surface area contributed by atoms with Gasteiger partial charge in [-0.15, -0.1) is 0 Å². The summed E-state index contributed by atoms with van der Waals surface area (Å²) < 4.78 is 5.32. The van der Waals surface area contributed by atoms with E-state index in [9.17, 15) is 0 Å². The van der Waals surface area contributed by atoms with Crippen LogP contribution < -0.4 is 15.4 Å². The van der Waals surface area contributed by atoms with Gasteiger partial charge in [0.1, 0.15) is 11.6 Å². The molecule has 0 amide bonds. The van der Waals surface area contributed by atoms with Crippen LogP contribution in [0.5, 0.6) is 5.75 Å². The second-order valence-corrected chi connectivity index (χ2v) is 5.09. The molecule has 0 aromatic heterocycles. The second-order valence-electron chi connectivity index (χ2n) is 5.09. The van der Waals surface area contributed by atoms with Gasteiger partial charge in [-0.05, 0) is 36.2 Å². The van der Waals surface area contributed by atoms with Gasteiger partial charge < -0.3 is 15.4 Å². The first-order chi connectivity index (χ1) is 10.0.